The summed E-state index contributed by atoms with van der Waals surface area (Å²) in [6.07, 6.45) is -0.188. The Hall–Kier alpha value is -4.47. The lowest BCUT2D eigenvalue weighted by molar-refractivity contribution is -0.142. The number of ether oxygens (including phenoxy) is 1. The zero-order valence-electron chi connectivity index (χ0n) is 19.4. The summed E-state index contributed by atoms with van der Waals surface area (Å²) in [6.45, 7) is 0.941. The first-order valence-electron chi connectivity index (χ1n) is 10.9. The molecule has 0 aliphatic rings. The van der Waals surface area contributed by atoms with Crippen molar-refractivity contribution in [1.29, 1.82) is 0 Å². The number of benzene rings is 2. The highest BCUT2D eigenvalue weighted by Crippen LogP contribution is 2.10. The SMILES string of the molecule is CC(CC(=O)OCC(=O)c1c(N)n(Cc2ccccc2)c(=O)n(C)c1=O)NC(=O)c1ccccc1. The van der Waals surface area contributed by atoms with Crippen LogP contribution in [-0.4, -0.2) is 39.4 Å². The van der Waals surface area contributed by atoms with Crippen LogP contribution in [0.4, 0.5) is 5.82 Å². The molecule has 10 nitrogen and oxygen atoms in total. The van der Waals surface area contributed by atoms with E-state index in [1.54, 1.807) is 61.5 Å². The van der Waals surface area contributed by atoms with E-state index in [4.69, 9.17) is 10.5 Å². The number of nitrogens with zero attached hydrogens (tertiary/aromatic N) is 2. The molecular formula is C25H26N4O6. The Bertz CT molecular complexity index is 1350. The number of Topliss-reactive ketones (excluding diaryl/α,β-unsaturated/α-hetero) is 1. The number of nitrogens with two attached hydrogens (primary N) is 1. The maximum absolute atomic E-state index is 12.8. The highest BCUT2D eigenvalue weighted by molar-refractivity contribution is 6.01. The van der Waals surface area contributed by atoms with Crippen LogP contribution in [0.5, 0.6) is 0 Å². The topological polar surface area (TPSA) is 142 Å². The lowest BCUT2D eigenvalue weighted by Crippen LogP contribution is -2.43. The molecule has 1 heterocycles. The van der Waals surface area contributed by atoms with Crippen molar-refractivity contribution in [3.63, 3.8) is 0 Å². The Balaban J connectivity index is 1.67. The van der Waals surface area contributed by atoms with Gasteiger partial charge in [0, 0.05) is 18.7 Å². The minimum atomic E-state index is -0.874. The number of esters is 1. The average Bonchev–Trinajstić information content (AvgIpc) is 2.85. The third-order valence-corrected chi connectivity index (χ3v) is 5.30. The average molecular weight is 479 g/mol. The summed E-state index contributed by atoms with van der Waals surface area (Å²) in [5.74, 6) is -2.23. The summed E-state index contributed by atoms with van der Waals surface area (Å²) in [6, 6.07) is 16.9. The molecule has 3 N–H and O–H groups in total. The van der Waals surface area contributed by atoms with Gasteiger partial charge in [-0.05, 0) is 24.6 Å². The molecule has 35 heavy (non-hydrogen) atoms. The highest BCUT2D eigenvalue weighted by Gasteiger charge is 2.23. The van der Waals surface area contributed by atoms with Gasteiger partial charge in [0.1, 0.15) is 11.4 Å². The summed E-state index contributed by atoms with van der Waals surface area (Å²) in [5, 5.41) is 2.67. The Morgan fingerprint density at radius 3 is 2.23 bits per heavy atom. The smallest absolute Gasteiger partial charge is 0.332 e. The van der Waals surface area contributed by atoms with Crippen LogP contribution in [0.1, 0.15) is 39.6 Å². The molecule has 1 unspecified atom stereocenters. The van der Waals surface area contributed by atoms with Crippen molar-refractivity contribution in [3.05, 3.63) is 98.2 Å². The number of nitrogen functional groups attached to an aromatic ring is 1. The summed E-state index contributed by atoms with van der Waals surface area (Å²) < 4.78 is 6.93. The van der Waals surface area contributed by atoms with E-state index in [0.29, 0.717) is 5.56 Å². The van der Waals surface area contributed by atoms with Crippen LogP contribution in [0.15, 0.2) is 70.3 Å². The number of hydrogen-bond donors (Lipinski definition) is 2. The number of nitrogens with one attached hydrogen (secondary N) is 1. The van der Waals surface area contributed by atoms with Crippen LogP contribution in [0.3, 0.4) is 0 Å². The number of hydrogen-bond acceptors (Lipinski definition) is 7. The lowest BCUT2D eigenvalue weighted by atomic mass is 10.1. The van der Waals surface area contributed by atoms with Crippen LogP contribution in [0.25, 0.3) is 0 Å². The molecule has 0 aliphatic heterocycles. The van der Waals surface area contributed by atoms with E-state index in [1.807, 2.05) is 6.07 Å². The molecule has 182 valence electrons. The van der Waals surface area contributed by atoms with Crippen molar-refractivity contribution in [2.75, 3.05) is 12.3 Å². The Morgan fingerprint density at radius 2 is 1.60 bits per heavy atom. The molecule has 10 heteroatoms. The minimum Gasteiger partial charge on any atom is -0.457 e. The predicted octanol–water partition coefficient (Wildman–Crippen LogP) is 1.11. The van der Waals surface area contributed by atoms with E-state index >= 15 is 0 Å². The molecule has 2 aromatic carbocycles. The highest BCUT2D eigenvalue weighted by atomic mass is 16.5. The van der Waals surface area contributed by atoms with Crippen LogP contribution in [-0.2, 0) is 23.1 Å². The summed E-state index contributed by atoms with van der Waals surface area (Å²) in [4.78, 5) is 62.3. The first-order valence-corrected chi connectivity index (χ1v) is 10.9. The van der Waals surface area contributed by atoms with Gasteiger partial charge < -0.3 is 15.8 Å². The Morgan fingerprint density at radius 1 is 1.00 bits per heavy atom. The second kappa shape index (κ2) is 11.1. The van der Waals surface area contributed by atoms with Gasteiger partial charge >= 0.3 is 11.7 Å². The number of carbonyl (C=O) groups excluding carboxylic acids is 3. The fourth-order valence-corrected chi connectivity index (χ4v) is 3.44. The number of amides is 1. The van der Waals surface area contributed by atoms with Crippen LogP contribution in [0.2, 0.25) is 0 Å². The van der Waals surface area contributed by atoms with E-state index in [1.165, 1.54) is 7.05 Å². The van der Waals surface area contributed by atoms with E-state index < -0.39 is 41.2 Å². The molecule has 1 amide bonds. The molecule has 0 bridgehead atoms. The number of aromatic nitrogens is 2. The third-order valence-electron chi connectivity index (χ3n) is 5.30. The quantitative estimate of drug-likeness (QED) is 0.346. The fourth-order valence-electron chi connectivity index (χ4n) is 3.44. The van der Waals surface area contributed by atoms with E-state index in [2.05, 4.69) is 5.32 Å². The number of rotatable bonds is 9. The van der Waals surface area contributed by atoms with Gasteiger partial charge in [0.2, 0.25) is 5.78 Å². The normalized spacial score (nSPS) is 11.5. The molecule has 0 saturated heterocycles. The van der Waals surface area contributed by atoms with Crippen molar-refractivity contribution >= 4 is 23.5 Å². The molecule has 0 aliphatic carbocycles. The number of ketones is 1. The zero-order chi connectivity index (χ0) is 25.5. The first-order chi connectivity index (χ1) is 16.7. The lowest BCUT2D eigenvalue weighted by Gasteiger charge is -2.15. The zero-order valence-corrected chi connectivity index (χ0v) is 19.4. The van der Waals surface area contributed by atoms with Crippen molar-refractivity contribution in [2.24, 2.45) is 7.05 Å². The molecule has 1 aromatic heterocycles. The molecule has 1 atom stereocenters. The molecule has 0 fully saturated rings. The second-order valence-electron chi connectivity index (χ2n) is 8.01. The van der Waals surface area contributed by atoms with Gasteiger partial charge in [-0.25, -0.2) is 4.79 Å². The van der Waals surface area contributed by atoms with Crippen LogP contribution < -0.4 is 22.3 Å². The van der Waals surface area contributed by atoms with Crippen molar-refractivity contribution in [2.45, 2.75) is 25.9 Å². The molecule has 3 aromatic rings. The standard InChI is InChI=1S/C25H26N4O6/c1-16(27-23(32)18-11-7-4-8-12-18)13-20(31)35-15-19(30)21-22(26)29(25(34)28(2)24(21)33)14-17-9-5-3-6-10-17/h3-12,16H,13-15,26H2,1-2H3,(H,27,32). The van der Waals surface area contributed by atoms with E-state index in [-0.39, 0.29) is 24.7 Å². The largest absolute Gasteiger partial charge is 0.457 e. The molecule has 3 rings (SSSR count). The van der Waals surface area contributed by atoms with Gasteiger partial charge in [0.05, 0.1) is 13.0 Å². The van der Waals surface area contributed by atoms with E-state index in [9.17, 15) is 24.0 Å². The molecular weight excluding hydrogens is 452 g/mol. The van der Waals surface area contributed by atoms with Crippen molar-refractivity contribution in [1.82, 2.24) is 14.5 Å². The van der Waals surface area contributed by atoms with Crippen LogP contribution in [0, 0.1) is 0 Å². The monoisotopic (exact) mass is 478 g/mol. The van der Waals surface area contributed by atoms with Gasteiger partial charge in [-0.3, -0.25) is 28.3 Å². The maximum Gasteiger partial charge on any atom is 0.332 e. The van der Waals surface area contributed by atoms with Crippen molar-refractivity contribution < 1.29 is 19.1 Å². The molecule has 0 radical (unpaired) electrons. The summed E-state index contributed by atoms with van der Waals surface area (Å²) in [5.41, 5.74) is 5.26. The van der Waals surface area contributed by atoms with E-state index in [0.717, 1.165) is 14.7 Å². The summed E-state index contributed by atoms with van der Waals surface area (Å²) in [7, 11) is 1.24. The second-order valence-corrected chi connectivity index (χ2v) is 8.01. The Kier molecular flexibility index (Phi) is 7.98. The van der Waals surface area contributed by atoms with Gasteiger partial charge in [-0.15, -0.1) is 0 Å². The third kappa shape index (κ3) is 6.11. The number of carbonyl (C=O) groups is 3. The molecule has 0 spiro atoms. The van der Waals surface area contributed by atoms with Crippen molar-refractivity contribution in [3.8, 4) is 0 Å². The van der Waals surface area contributed by atoms with Gasteiger partial charge in [-0.2, -0.15) is 0 Å². The Labute approximate surface area is 201 Å². The predicted molar refractivity (Wildman–Crippen MR) is 129 cm³/mol. The van der Waals surface area contributed by atoms with Gasteiger partial charge in [-0.1, -0.05) is 48.5 Å². The molecule has 0 saturated carbocycles. The fraction of sp³-hybridized carbons (Fsp3) is 0.240. The maximum atomic E-state index is 12.8. The van der Waals surface area contributed by atoms with Gasteiger partial charge in [0.25, 0.3) is 11.5 Å². The van der Waals surface area contributed by atoms with Gasteiger partial charge in [0.15, 0.2) is 6.61 Å². The summed E-state index contributed by atoms with van der Waals surface area (Å²) >= 11 is 0. The first kappa shape index (κ1) is 25.2. The van der Waals surface area contributed by atoms with Crippen LogP contribution >= 0.6 is 0 Å². The minimum absolute atomic E-state index is 0.0539. The number of anilines is 1.